The summed E-state index contributed by atoms with van der Waals surface area (Å²) in [6, 6.07) is 9.47. The van der Waals surface area contributed by atoms with Gasteiger partial charge in [-0.05, 0) is 42.5 Å². The van der Waals surface area contributed by atoms with Gasteiger partial charge in [0.1, 0.15) is 0 Å². The molecule has 1 amide bonds. The molecule has 3 rings (SSSR count). The highest BCUT2D eigenvalue weighted by molar-refractivity contribution is 6.33. The van der Waals surface area contributed by atoms with E-state index in [1.54, 1.807) is 0 Å². The minimum atomic E-state index is -3.38. The summed E-state index contributed by atoms with van der Waals surface area (Å²) in [5, 5.41) is 9.26. The number of carboxylic acid groups (broad SMARTS) is 1. The average Bonchev–Trinajstić information content (AvgIpc) is 2.76. The lowest BCUT2D eigenvalue weighted by atomic mass is 10.1. The van der Waals surface area contributed by atoms with E-state index in [4.69, 9.17) is 11.6 Å². The number of carbonyl (C=O) groups excluding carboxylic acids is 1. The standard InChI is InChI=1S/C21H13ClF4N2O5/c22-15-5-3-12(8-14(15)19(30)31)28(18(29)11-2-1-7-27-10-11)13-4-6-16(32-20(23)24)17(9-13)33-21(25)26/h1-10,20-21H,(H,30,31). The first kappa shape index (κ1) is 23.8. The Bertz CT molecular complexity index is 1160. The number of halogens is 5. The highest BCUT2D eigenvalue weighted by atomic mass is 35.5. The highest BCUT2D eigenvalue weighted by Crippen LogP contribution is 2.38. The maximum atomic E-state index is 13.3. The number of anilines is 2. The number of pyridine rings is 1. The van der Waals surface area contributed by atoms with Crippen molar-refractivity contribution < 1.29 is 41.7 Å². The van der Waals surface area contributed by atoms with E-state index in [1.165, 1.54) is 36.7 Å². The number of carbonyl (C=O) groups is 2. The number of ether oxygens (including phenoxy) is 2. The van der Waals surface area contributed by atoms with Crippen molar-refractivity contribution in [2.24, 2.45) is 0 Å². The molecule has 33 heavy (non-hydrogen) atoms. The van der Waals surface area contributed by atoms with E-state index in [0.29, 0.717) is 0 Å². The summed E-state index contributed by atoms with van der Waals surface area (Å²) in [6.07, 6.45) is 2.64. The SMILES string of the molecule is O=C(O)c1cc(N(C(=O)c2cccnc2)c2ccc(OC(F)F)c(OC(F)F)c2)ccc1Cl. The third-order valence-corrected chi connectivity index (χ3v) is 4.50. The van der Waals surface area contributed by atoms with Crippen LogP contribution in [0.1, 0.15) is 20.7 Å². The average molecular weight is 485 g/mol. The molecule has 0 unspecified atom stereocenters. The zero-order chi connectivity index (χ0) is 24.1. The van der Waals surface area contributed by atoms with E-state index in [2.05, 4.69) is 14.5 Å². The predicted molar refractivity (Wildman–Crippen MR) is 109 cm³/mol. The minimum absolute atomic E-state index is 0.00354. The van der Waals surface area contributed by atoms with Crippen LogP contribution in [0, 0.1) is 0 Å². The van der Waals surface area contributed by atoms with Gasteiger partial charge in [0.25, 0.3) is 5.91 Å². The Hall–Kier alpha value is -3.86. The molecular weight excluding hydrogens is 472 g/mol. The fraction of sp³-hybridized carbons (Fsp3) is 0.0952. The van der Waals surface area contributed by atoms with Crippen LogP contribution in [0.3, 0.4) is 0 Å². The molecule has 0 radical (unpaired) electrons. The van der Waals surface area contributed by atoms with Crippen LogP contribution in [0.5, 0.6) is 11.5 Å². The van der Waals surface area contributed by atoms with Gasteiger partial charge in [0, 0.05) is 18.5 Å². The van der Waals surface area contributed by atoms with Crippen molar-refractivity contribution in [2.45, 2.75) is 13.2 Å². The van der Waals surface area contributed by atoms with Gasteiger partial charge in [-0.3, -0.25) is 14.7 Å². The Kier molecular flexibility index (Phi) is 7.34. The van der Waals surface area contributed by atoms with Crippen LogP contribution in [0.25, 0.3) is 0 Å². The van der Waals surface area contributed by atoms with Crippen LogP contribution >= 0.6 is 11.6 Å². The zero-order valence-corrected chi connectivity index (χ0v) is 17.0. The third kappa shape index (κ3) is 5.69. The summed E-state index contributed by atoms with van der Waals surface area (Å²) in [7, 11) is 0. The lowest BCUT2D eigenvalue weighted by Gasteiger charge is -2.25. The van der Waals surface area contributed by atoms with Crippen molar-refractivity contribution in [1.82, 2.24) is 4.98 Å². The van der Waals surface area contributed by atoms with Gasteiger partial charge in [0.2, 0.25) is 0 Å². The van der Waals surface area contributed by atoms with Crippen LogP contribution in [0.15, 0.2) is 60.9 Å². The number of amides is 1. The van der Waals surface area contributed by atoms with Crippen LogP contribution in [0.4, 0.5) is 28.9 Å². The monoisotopic (exact) mass is 484 g/mol. The van der Waals surface area contributed by atoms with Gasteiger partial charge in [-0.25, -0.2) is 4.79 Å². The van der Waals surface area contributed by atoms with Gasteiger partial charge in [0.15, 0.2) is 11.5 Å². The topological polar surface area (TPSA) is 89.0 Å². The smallest absolute Gasteiger partial charge is 0.387 e. The molecule has 0 saturated heterocycles. The third-order valence-electron chi connectivity index (χ3n) is 4.17. The molecule has 0 bridgehead atoms. The Labute approximate surface area is 188 Å². The summed E-state index contributed by atoms with van der Waals surface area (Å²) in [5.41, 5.74) is -0.385. The second kappa shape index (κ2) is 10.2. The van der Waals surface area contributed by atoms with Crippen LogP contribution in [-0.4, -0.2) is 35.2 Å². The molecule has 0 aliphatic rings. The second-order valence-electron chi connectivity index (χ2n) is 6.24. The summed E-state index contributed by atoms with van der Waals surface area (Å²) >= 11 is 5.91. The number of benzene rings is 2. The molecule has 2 aromatic carbocycles. The van der Waals surface area contributed by atoms with Crippen molar-refractivity contribution in [3.63, 3.8) is 0 Å². The first-order chi connectivity index (χ1) is 15.7. The molecule has 0 spiro atoms. The van der Waals surface area contributed by atoms with E-state index in [0.717, 1.165) is 29.2 Å². The maximum absolute atomic E-state index is 13.3. The van der Waals surface area contributed by atoms with E-state index in [-0.39, 0.29) is 27.5 Å². The van der Waals surface area contributed by atoms with Crippen molar-refractivity contribution in [3.8, 4) is 11.5 Å². The largest absolute Gasteiger partial charge is 0.478 e. The lowest BCUT2D eigenvalue weighted by Crippen LogP contribution is -2.26. The molecule has 0 aliphatic heterocycles. The number of hydrogen-bond acceptors (Lipinski definition) is 5. The fourth-order valence-corrected chi connectivity index (χ4v) is 3.03. The van der Waals surface area contributed by atoms with E-state index < -0.39 is 36.6 Å². The molecule has 172 valence electrons. The number of rotatable bonds is 8. The molecule has 0 saturated carbocycles. The molecule has 12 heteroatoms. The lowest BCUT2D eigenvalue weighted by molar-refractivity contribution is -0.0691. The van der Waals surface area contributed by atoms with Gasteiger partial charge in [0.05, 0.1) is 27.5 Å². The number of aromatic nitrogens is 1. The molecule has 3 aromatic rings. The highest BCUT2D eigenvalue weighted by Gasteiger charge is 2.25. The summed E-state index contributed by atoms with van der Waals surface area (Å²) in [6.45, 7) is -6.70. The molecule has 0 aliphatic carbocycles. The number of aromatic carboxylic acids is 1. The van der Waals surface area contributed by atoms with Gasteiger partial charge in [-0.2, -0.15) is 17.6 Å². The number of carboxylic acids is 1. The fourth-order valence-electron chi connectivity index (χ4n) is 2.84. The summed E-state index contributed by atoms with van der Waals surface area (Å²) in [4.78, 5) is 29.6. The number of hydrogen-bond donors (Lipinski definition) is 1. The van der Waals surface area contributed by atoms with Crippen molar-refractivity contribution in [2.75, 3.05) is 4.90 Å². The summed E-state index contributed by atoms with van der Waals surface area (Å²) < 4.78 is 59.5. The zero-order valence-electron chi connectivity index (χ0n) is 16.3. The summed E-state index contributed by atoms with van der Waals surface area (Å²) in [5.74, 6) is -3.56. The van der Waals surface area contributed by atoms with Gasteiger partial charge in [-0.15, -0.1) is 0 Å². The van der Waals surface area contributed by atoms with Crippen LogP contribution in [0.2, 0.25) is 5.02 Å². The van der Waals surface area contributed by atoms with E-state index >= 15 is 0 Å². The minimum Gasteiger partial charge on any atom is -0.478 e. The van der Waals surface area contributed by atoms with E-state index in [1.807, 2.05) is 0 Å². The first-order valence-corrected chi connectivity index (χ1v) is 9.36. The van der Waals surface area contributed by atoms with Gasteiger partial charge < -0.3 is 14.6 Å². The molecule has 0 atom stereocenters. The van der Waals surface area contributed by atoms with Gasteiger partial charge >= 0.3 is 19.2 Å². The maximum Gasteiger partial charge on any atom is 0.387 e. The second-order valence-corrected chi connectivity index (χ2v) is 6.65. The Balaban J connectivity index is 2.18. The molecule has 1 N–H and O–H groups in total. The first-order valence-electron chi connectivity index (χ1n) is 8.98. The van der Waals surface area contributed by atoms with Crippen LogP contribution in [-0.2, 0) is 0 Å². The quantitative estimate of drug-likeness (QED) is 0.418. The normalized spacial score (nSPS) is 10.9. The molecule has 7 nitrogen and oxygen atoms in total. The van der Waals surface area contributed by atoms with Crippen LogP contribution < -0.4 is 14.4 Å². The molecular formula is C21H13ClF4N2O5. The van der Waals surface area contributed by atoms with Crippen molar-refractivity contribution >= 4 is 34.9 Å². The number of alkyl halides is 4. The predicted octanol–water partition coefficient (Wildman–Crippen LogP) is 5.61. The van der Waals surface area contributed by atoms with Crippen molar-refractivity contribution in [3.05, 3.63) is 77.1 Å². The Morgan fingerprint density at radius 3 is 2.18 bits per heavy atom. The van der Waals surface area contributed by atoms with Gasteiger partial charge in [-0.1, -0.05) is 11.6 Å². The Morgan fingerprint density at radius 1 is 0.939 bits per heavy atom. The number of nitrogens with zero attached hydrogens (tertiary/aromatic N) is 2. The molecule has 1 aromatic heterocycles. The molecule has 0 fully saturated rings. The Morgan fingerprint density at radius 2 is 1.58 bits per heavy atom. The van der Waals surface area contributed by atoms with Crippen molar-refractivity contribution in [1.29, 1.82) is 0 Å². The van der Waals surface area contributed by atoms with E-state index in [9.17, 15) is 32.3 Å². The molecule has 1 heterocycles.